The molecule has 3 heterocycles. The van der Waals surface area contributed by atoms with Crippen molar-refractivity contribution in [3.63, 3.8) is 0 Å². The molecule has 1 aliphatic rings. The molecule has 1 aliphatic heterocycles. The van der Waals surface area contributed by atoms with Crippen LogP contribution in [0.15, 0.2) is 59.2 Å². The lowest BCUT2D eigenvalue weighted by molar-refractivity contribution is -0.157. The molecule has 15 nitrogen and oxygen atoms in total. The molecular weight excluding hydrogens is 564 g/mol. The second-order valence-corrected chi connectivity index (χ2v) is 9.25. The van der Waals surface area contributed by atoms with E-state index in [2.05, 4.69) is 20.6 Å². The van der Waals surface area contributed by atoms with Crippen molar-refractivity contribution >= 4 is 35.7 Å². The molecule has 43 heavy (non-hydrogen) atoms. The summed E-state index contributed by atoms with van der Waals surface area (Å²) >= 11 is 0. The zero-order valence-corrected chi connectivity index (χ0v) is 23.2. The molecule has 0 aliphatic carbocycles. The van der Waals surface area contributed by atoms with E-state index in [0.717, 1.165) is 0 Å². The van der Waals surface area contributed by atoms with Crippen LogP contribution < -0.4 is 10.6 Å². The predicted molar refractivity (Wildman–Crippen MR) is 149 cm³/mol. The zero-order valence-electron chi connectivity index (χ0n) is 23.2. The number of hydroxylamine groups is 2. The van der Waals surface area contributed by atoms with E-state index in [0.29, 0.717) is 5.56 Å². The summed E-state index contributed by atoms with van der Waals surface area (Å²) in [5.41, 5.74) is 0.399. The number of piperazine rings is 1. The molecule has 3 N–H and O–H groups in total. The molecule has 0 bridgehead atoms. The van der Waals surface area contributed by atoms with Gasteiger partial charge in [0.15, 0.2) is 11.6 Å². The molecule has 226 valence electrons. The molecule has 0 saturated carbocycles. The molecule has 3 amide bonds. The lowest BCUT2D eigenvalue weighted by atomic mass is 10.1. The monoisotopic (exact) mass is 594 g/mol. The summed E-state index contributed by atoms with van der Waals surface area (Å²) in [5.74, 6) is -2.86. The van der Waals surface area contributed by atoms with Gasteiger partial charge >= 0.3 is 12.1 Å². The summed E-state index contributed by atoms with van der Waals surface area (Å²) in [7, 11) is 0. The summed E-state index contributed by atoms with van der Waals surface area (Å²) in [6.07, 6.45) is -0.0806. The molecule has 0 unspecified atom stereocenters. The summed E-state index contributed by atoms with van der Waals surface area (Å²) in [5, 5.41) is 15.8. The standard InChI is InChI=1S/C28H30N6O9/c1-2-41-28(40)43-34-14-12-33(13-15-34)27(39)19(10-11-23(35)36)30-25(37)20-17-22(32-26(38)21-9-6-16-42-21)31-24(29-20)18-7-4-3-5-8-18/h3-9,16-17,19H,2,10-15H2,1H3,(H,30,37)(H,35,36)(H,29,31,32,38)/t19-/m0/s1. The van der Waals surface area contributed by atoms with E-state index in [1.54, 1.807) is 43.3 Å². The van der Waals surface area contributed by atoms with Crippen LogP contribution in [0.5, 0.6) is 0 Å². The Balaban J connectivity index is 1.52. The maximum Gasteiger partial charge on any atom is 0.527 e. The maximum atomic E-state index is 13.4. The predicted octanol–water partition coefficient (Wildman–Crippen LogP) is 2.18. The van der Waals surface area contributed by atoms with Crippen LogP contribution in [-0.4, -0.2) is 93.7 Å². The van der Waals surface area contributed by atoms with Crippen molar-refractivity contribution in [1.29, 1.82) is 0 Å². The van der Waals surface area contributed by atoms with E-state index in [9.17, 15) is 29.1 Å². The van der Waals surface area contributed by atoms with Crippen molar-refractivity contribution in [3.05, 3.63) is 66.2 Å². The van der Waals surface area contributed by atoms with Crippen molar-refractivity contribution in [2.75, 3.05) is 38.1 Å². The average Bonchev–Trinajstić information content (AvgIpc) is 3.55. The maximum absolute atomic E-state index is 13.4. The number of ether oxygens (including phenoxy) is 1. The Bertz CT molecular complexity index is 1440. The number of rotatable bonds is 11. The van der Waals surface area contributed by atoms with Gasteiger partial charge in [0, 0.05) is 31.1 Å². The van der Waals surface area contributed by atoms with Crippen molar-refractivity contribution in [3.8, 4) is 11.4 Å². The second kappa shape index (κ2) is 14.5. The molecule has 0 radical (unpaired) electrons. The SMILES string of the molecule is CCOC(=O)ON1CCN(C(=O)[C@H](CCC(=O)O)NC(=O)c2cc(NC(=O)c3ccco3)nc(-c3ccccc3)n2)CC1. The Morgan fingerprint density at radius 3 is 2.40 bits per heavy atom. The summed E-state index contributed by atoms with van der Waals surface area (Å²) in [6.45, 7) is 2.49. The van der Waals surface area contributed by atoms with E-state index < -0.39 is 35.9 Å². The molecule has 1 aromatic carbocycles. The van der Waals surface area contributed by atoms with Gasteiger partial charge in [0.05, 0.1) is 26.0 Å². The first-order valence-corrected chi connectivity index (χ1v) is 13.4. The molecule has 3 aromatic rings. The molecular formula is C28H30N6O9. The number of carboxylic acid groups (broad SMARTS) is 1. The van der Waals surface area contributed by atoms with Crippen LogP contribution in [0.1, 0.15) is 40.8 Å². The first-order valence-electron chi connectivity index (χ1n) is 13.4. The molecule has 4 rings (SSSR count). The third-order valence-electron chi connectivity index (χ3n) is 6.24. The van der Waals surface area contributed by atoms with E-state index in [1.165, 1.54) is 28.4 Å². The minimum Gasteiger partial charge on any atom is -0.481 e. The number of amides is 3. The molecule has 0 spiro atoms. The number of benzene rings is 1. The Kier molecular flexibility index (Phi) is 10.4. The van der Waals surface area contributed by atoms with Crippen molar-refractivity contribution in [1.82, 2.24) is 25.2 Å². The highest BCUT2D eigenvalue weighted by molar-refractivity contribution is 6.03. The molecule has 2 aromatic heterocycles. The number of aliphatic carboxylic acids is 1. The van der Waals surface area contributed by atoms with Gasteiger partial charge in [-0.1, -0.05) is 30.3 Å². The third-order valence-corrected chi connectivity index (χ3v) is 6.24. The zero-order chi connectivity index (χ0) is 30.8. The largest absolute Gasteiger partial charge is 0.527 e. The Morgan fingerprint density at radius 1 is 1.00 bits per heavy atom. The lowest BCUT2D eigenvalue weighted by Crippen LogP contribution is -2.55. The fraction of sp³-hybridized carbons (Fsp3) is 0.321. The van der Waals surface area contributed by atoms with Gasteiger partial charge in [0.1, 0.15) is 17.6 Å². The van der Waals surface area contributed by atoms with Crippen LogP contribution in [0.4, 0.5) is 10.6 Å². The number of aromatic nitrogens is 2. The normalized spacial score (nSPS) is 13.9. The third kappa shape index (κ3) is 8.59. The number of carboxylic acids is 1. The first-order chi connectivity index (χ1) is 20.7. The molecule has 1 saturated heterocycles. The number of nitrogens with one attached hydrogen (secondary N) is 2. The van der Waals surface area contributed by atoms with E-state index in [1.807, 2.05) is 0 Å². The number of nitrogens with zero attached hydrogens (tertiary/aromatic N) is 4. The van der Waals surface area contributed by atoms with Crippen LogP contribution in [0, 0.1) is 0 Å². The number of furan rings is 1. The van der Waals surface area contributed by atoms with Crippen molar-refractivity contribution in [2.24, 2.45) is 0 Å². The van der Waals surface area contributed by atoms with Gasteiger partial charge in [0.25, 0.3) is 11.8 Å². The average molecular weight is 595 g/mol. The smallest absolute Gasteiger partial charge is 0.481 e. The molecule has 1 fully saturated rings. The quantitative estimate of drug-likeness (QED) is 0.274. The van der Waals surface area contributed by atoms with Gasteiger partial charge in [-0.2, -0.15) is 0 Å². The second-order valence-electron chi connectivity index (χ2n) is 9.25. The van der Waals surface area contributed by atoms with Crippen LogP contribution in [0.3, 0.4) is 0 Å². The topological polar surface area (TPSA) is 194 Å². The number of carbonyl (C=O) groups is 5. The van der Waals surface area contributed by atoms with E-state index in [-0.39, 0.29) is 68.7 Å². The highest BCUT2D eigenvalue weighted by Gasteiger charge is 2.31. The van der Waals surface area contributed by atoms with Crippen LogP contribution in [0.25, 0.3) is 11.4 Å². The highest BCUT2D eigenvalue weighted by Crippen LogP contribution is 2.19. The fourth-order valence-corrected chi connectivity index (χ4v) is 4.16. The number of carbonyl (C=O) groups excluding carboxylic acids is 4. The number of hydrogen-bond donors (Lipinski definition) is 3. The first kappa shape index (κ1) is 30.6. The van der Waals surface area contributed by atoms with Gasteiger partial charge in [0.2, 0.25) is 5.91 Å². The molecule has 1 atom stereocenters. The van der Waals surface area contributed by atoms with E-state index in [4.69, 9.17) is 14.0 Å². The Labute approximate surface area is 245 Å². The van der Waals surface area contributed by atoms with Gasteiger partial charge < -0.3 is 34.6 Å². The van der Waals surface area contributed by atoms with Crippen molar-refractivity contribution in [2.45, 2.75) is 25.8 Å². The van der Waals surface area contributed by atoms with Crippen molar-refractivity contribution < 1.29 is 43.1 Å². The summed E-state index contributed by atoms with van der Waals surface area (Å²) in [6, 6.07) is 11.8. The number of hydrogen-bond acceptors (Lipinski definition) is 11. The van der Waals surface area contributed by atoms with E-state index >= 15 is 0 Å². The summed E-state index contributed by atoms with van der Waals surface area (Å²) < 4.78 is 9.88. The Morgan fingerprint density at radius 2 is 1.74 bits per heavy atom. The lowest BCUT2D eigenvalue weighted by Gasteiger charge is -2.35. The van der Waals surface area contributed by atoms with Crippen LogP contribution in [-0.2, 0) is 19.2 Å². The molecule has 15 heteroatoms. The fourth-order valence-electron chi connectivity index (χ4n) is 4.16. The van der Waals surface area contributed by atoms with Crippen LogP contribution >= 0.6 is 0 Å². The van der Waals surface area contributed by atoms with Gasteiger partial charge in [-0.15, -0.1) is 5.06 Å². The number of anilines is 1. The minimum absolute atomic E-state index is 0.00605. The van der Waals surface area contributed by atoms with Crippen LogP contribution in [0.2, 0.25) is 0 Å². The van der Waals surface area contributed by atoms with Gasteiger partial charge in [-0.3, -0.25) is 19.2 Å². The summed E-state index contributed by atoms with van der Waals surface area (Å²) in [4.78, 5) is 77.6. The van der Waals surface area contributed by atoms with Gasteiger partial charge in [-0.25, -0.2) is 14.8 Å². The Hall–Kier alpha value is -5.31. The minimum atomic E-state index is -1.20. The van der Waals surface area contributed by atoms with Gasteiger partial charge in [-0.05, 0) is 25.5 Å². The highest BCUT2D eigenvalue weighted by atomic mass is 16.8.